The highest BCUT2D eigenvalue weighted by Crippen LogP contribution is 2.59. The van der Waals surface area contributed by atoms with E-state index in [2.05, 4.69) is 17.7 Å². The van der Waals surface area contributed by atoms with Crippen LogP contribution in [0.4, 0.5) is 0 Å². The molecular formula is C24H28N2O7S2. The largest absolute Gasteiger partial charge is 0.455 e. The van der Waals surface area contributed by atoms with Crippen molar-refractivity contribution in [3.63, 3.8) is 0 Å². The minimum absolute atomic E-state index is 0.0734. The number of epoxide rings is 2. The van der Waals surface area contributed by atoms with E-state index in [1.165, 1.54) is 0 Å². The zero-order valence-corrected chi connectivity index (χ0v) is 21.2. The van der Waals surface area contributed by atoms with Gasteiger partial charge in [0.1, 0.15) is 42.7 Å². The van der Waals surface area contributed by atoms with Crippen LogP contribution >= 0.6 is 22.5 Å². The summed E-state index contributed by atoms with van der Waals surface area (Å²) < 4.78 is 23.4. The molecule has 7 rings (SSSR count). The molecule has 0 aromatic heterocycles. The van der Waals surface area contributed by atoms with Crippen LogP contribution in [0.15, 0.2) is 23.3 Å². The molecule has 0 aromatic rings. The minimum Gasteiger partial charge on any atom is -0.455 e. The first-order chi connectivity index (χ1) is 16.9. The molecule has 0 saturated carbocycles. The molecule has 5 fully saturated rings. The van der Waals surface area contributed by atoms with Crippen LogP contribution in [0.2, 0.25) is 0 Å². The summed E-state index contributed by atoms with van der Waals surface area (Å²) in [5, 5.41) is 0. The molecule has 0 spiro atoms. The van der Waals surface area contributed by atoms with Crippen molar-refractivity contribution in [2.45, 2.75) is 99.2 Å². The van der Waals surface area contributed by atoms with Gasteiger partial charge in [-0.2, -0.15) is 0 Å². The fourth-order valence-corrected chi connectivity index (χ4v) is 8.34. The van der Waals surface area contributed by atoms with E-state index in [9.17, 15) is 14.4 Å². The van der Waals surface area contributed by atoms with E-state index in [1.54, 1.807) is 9.80 Å². The first kappa shape index (κ1) is 22.7. The molecule has 5 aliphatic heterocycles. The van der Waals surface area contributed by atoms with Gasteiger partial charge >= 0.3 is 5.97 Å². The van der Waals surface area contributed by atoms with Crippen LogP contribution < -0.4 is 0 Å². The lowest BCUT2D eigenvalue weighted by Crippen LogP contribution is -2.70. The summed E-state index contributed by atoms with van der Waals surface area (Å²) in [5.41, 5.74) is 1.97. The zero-order chi connectivity index (χ0) is 24.2. The van der Waals surface area contributed by atoms with Gasteiger partial charge in [-0.1, -0.05) is 23.8 Å². The van der Waals surface area contributed by atoms with Crippen LogP contribution in [0, 0.1) is 0 Å². The van der Waals surface area contributed by atoms with Gasteiger partial charge in [-0.25, -0.2) is 0 Å². The molecule has 10 unspecified atom stereocenters. The maximum atomic E-state index is 14.2. The number of thiol groups is 1. The van der Waals surface area contributed by atoms with Crippen molar-refractivity contribution in [1.29, 1.82) is 0 Å². The highest BCUT2D eigenvalue weighted by Gasteiger charge is 2.73. The number of carbonyl (C=O) groups is 3. The average molecular weight is 521 g/mol. The van der Waals surface area contributed by atoms with Crippen LogP contribution in [0.3, 0.4) is 0 Å². The lowest BCUT2D eigenvalue weighted by Gasteiger charge is -2.48. The Morgan fingerprint density at radius 1 is 1.11 bits per heavy atom. The molecule has 0 bridgehead atoms. The van der Waals surface area contributed by atoms with Crippen molar-refractivity contribution >= 4 is 40.2 Å². The lowest BCUT2D eigenvalue weighted by molar-refractivity contribution is -0.163. The number of piperazine rings is 1. The molecular weight excluding hydrogens is 492 g/mol. The predicted molar refractivity (Wildman–Crippen MR) is 127 cm³/mol. The average Bonchev–Trinajstić information content (AvgIpc) is 3.74. The molecule has 5 saturated heterocycles. The van der Waals surface area contributed by atoms with Gasteiger partial charge in [0.2, 0.25) is 5.91 Å². The molecule has 2 amide bonds. The number of hydrogen-bond acceptors (Lipinski definition) is 9. The summed E-state index contributed by atoms with van der Waals surface area (Å²) in [6.45, 7) is 4.45. The molecule has 5 heterocycles. The third kappa shape index (κ3) is 2.99. The highest BCUT2D eigenvalue weighted by molar-refractivity contribution is 8.69. The van der Waals surface area contributed by atoms with Gasteiger partial charge in [-0.3, -0.25) is 14.4 Å². The van der Waals surface area contributed by atoms with Gasteiger partial charge in [0, 0.05) is 25.9 Å². The second-order valence-electron chi connectivity index (χ2n) is 10.3. The van der Waals surface area contributed by atoms with Crippen LogP contribution in [0.5, 0.6) is 0 Å². The van der Waals surface area contributed by atoms with Gasteiger partial charge in [0.15, 0.2) is 4.87 Å². The Morgan fingerprint density at radius 2 is 1.83 bits per heavy atom. The second-order valence-corrected chi connectivity index (χ2v) is 11.7. The van der Waals surface area contributed by atoms with Crippen molar-refractivity contribution in [2.75, 3.05) is 6.61 Å². The molecule has 0 aromatic carbocycles. The summed E-state index contributed by atoms with van der Waals surface area (Å²) >= 11 is 4.54. The van der Waals surface area contributed by atoms with Crippen molar-refractivity contribution in [3.05, 3.63) is 23.3 Å². The van der Waals surface area contributed by atoms with Crippen molar-refractivity contribution < 1.29 is 33.3 Å². The normalized spacial score (nSPS) is 46.0. The maximum absolute atomic E-state index is 14.2. The highest BCUT2D eigenvalue weighted by atomic mass is 33.1. The SMILES string of the molecule is CCCC(=O)OC1C=C2CC3C(=O)N4C5C(=CC(OCC)C6OC65)CC4(SS)C(=O)N3C2C2OC12. The molecule has 0 radical (unpaired) electrons. The number of fused-ring (bicyclic) bond motifs is 10. The molecule has 0 N–H and O–H groups in total. The van der Waals surface area contributed by atoms with Crippen LogP contribution in [0.25, 0.3) is 0 Å². The monoisotopic (exact) mass is 520 g/mol. The van der Waals surface area contributed by atoms with Gasteiger partial charge in [-0.15, -0.1) is 11.7 Å². The standard InChI is InChI=1S/C24H28N2O7S2/c1-3-5-15(27)31-14-7-10-6-12-22(28)26-17-11(8-13(30-4-2)18-21(17)32-18)9-24(26,35-34)23(29)25(12)16(10)20-19(14)33-20/h7-8,12-14,16-21,34H,3-6,9H2,1-2H3. The summed E-state index contributed by atoms with van der Waals surface area (Å²) in [6.07, 6.45) is 4.49. The van der Waals surface area contributed by atoms with Gasteiger partial charge in [0.25, 0.3) is 5.91 Å². The summed E-state index contributed by atoms with van der Waals surface area (Å²) in [4.78, 5) is 42.7. The molecule has 2 aliphatic carbocycles. The van der Waals surface area contributed by atoms with E-state index in [0.717, 1.165) is 21.9 Å². The van der Waals surface area contributed by atoms with Gasteiger partial charge in [0.05, 0.1) is 12.1 Å². The van der Waals surface area contributed by atoms with E-state index in [1.807, 2.05) is 19.9 Å². The molecule has 188 valence electrons. The summed E-state index contributed by atoms with van der Waals surface area (Å²) in [7, 11) is 1.14. The van der Waals surface area contributed by atoms with Gasteiger partial charge < -0.3 is 28.7 Å². The Hall–Kier alpha value is -1.53. The van der Waals surface area contributed by atoms with Gasteiger partial charge in [-0.05, 0) is 30.6 Å². The molecule has 7 aliphatic rings. The smallest absolute Gasteiger partial charge is 0.306 e. The molecule has 11 heteroatoms. The zero-order valence-electron chi connectivity index (χ0n) is 19.5. The van der Waals surface area contributed by atoms with Crippen LogP contribution in [0.1, 0.15) is 39.5 Å². The summed E-state index contributed by atoms with van der Waals surface area (Å²) in [5.74, 6) is -0.431. The molecule has 35 heavy (non-hydrogen) atoms. The quantitative estimate of drug-likeness (QED) is 0.184. The number of nitrogens with zero attached hydrogens (tertiary/aromatic N) is 2. The number of esters is 1. The van der Waals surface area contributed by atoms with E-state index in [-0.39, 0.29) is 60.4 Å². The topological polar surface area (TPSA) is 101 Å². The van der Waals surface area contributed by atoms with E-state index in [4.69, 9.17) is 18.9 Å². The fourth-order valence-electron chi connectivity index (χ4n) is 6.94. The van der Waals surface area contributed by atoms with E-state index in [0.29, 0.717) is 32.3 Å². The van der Waals surface area contributed by atoms with Crippen LogP contribution in [-0.4, -0.2) is 93.8 Å². The number of hydrogen-bond donors (Lipinski definition) is 1. The third-order valence-corrected chi connectivity index (χ3v) is 10.1. The second kappa shape index (κ2) is 7.74. The fraction of sp³-hybridized carbons (Fsp3) is 0.708. The first-order valence-corrected chi connectivity index (χ1v) is 14.3. The third-order valence-electron chi connectivity index (χ3n) is 8.41. The predicted octanol–water partition coefficient (Wildman–Crippen LogP) is 1.38. The number of amides is 2. The maximum Gasteiger partial charge on any atom is 0.306 e. The Balaban J connectivity index is 1.22. The number of rotatable bonds is 6. The van der Waals surface area contributed by atoms with Crippen LogP contribution in [-0.2, 0) is 33.3 Å². The van der Waals surface area contributed by atoms with E-state index >= 15 is 0 Å². The molecule has 10 atom stereocenters. The molecule has 9 nitrogen and oxygen atoms in total. The van der Waals surface area contributed by atoms with E-state index < -0.39 is 17.0 Å². The Bertz CT molecular complexity index is 1080. The minimum atomic E-state index is -1.12. The van der Waals surface area contributed by atoms with Crippen molar-refractivity contribution in [2.24, 2.45) is 0 Å². The Kier molecular flexibility index (Phi) is 5.01. The summed E-state index contributed by atoms with van der Waals surface area (Å²) in [6, 6.07) is -1.16. The van der Waals surface area contributed by atoms with Crippen molar-refractivity contribution in [1.82, 2.24) is 9.80 Å². The Morgan fingerprint density at radius 3 is 2.54 bits per heavy atom. The Labute approximate surface area is 212 Å². The number of ether oxygens (including phenoxy) is 4. The number of carbonyl (C=O) groups excluding carboxylic acids is 3. The first-order valence-electron chi connectivity index (χ1n) is 12.4. The van der Waals surface area contributed by atoms with Crippen molar-refractivity contribution in [3.8, 4) is 0 Å². The lowest BCUT2D eigenvalue weighted by atomic mass is 9.91.